The molecule has 0 saturated heterocycles. The van der Waals surface area contributed by atoms with Crippen molar-refractivity contribution in [3.63, 3.8) is 0 Å². The lowest BCUT2D eigenvalue weighted by atomic mass is 10.0. The van der Waals surface area contributed by atoms with E-state index >= 15 is 0 Å². The van der Waals surface area contributed by atoms with Gasteiger partial charge in [0.25, 0.3) is 0 Å². The number of aromatic nitrogens is 4. The van der Waals surface area contributed by atoms with Gasteiger partial charge < -0.3 is 9.15 Å². The summed E-state index contributed by atoms with van der Waals surface area (Å²) in [5.41, 5.74) is 1.12. The lowest BCUT2D eigenvalue weighted by Crippen LogP contribution is -2.33. The molecule has 0 radical (unpaired) electrons. The summed E-state index contributed by atoms with van der Waals surface area (Å²) in [6, 6.07) is 16.2. The summed E-state index contributed by atoms with van der Waals surface area (Å²) in [7, 11) is 1.67. The van der Waals surface area contributed by atoms with Crippen LogP contribution in [0.1, 0.15) is 41.9 Å². The molecule has 0 unspecified atom stereocenters. The first kappa shape index (κ1) is 21.3. The third kappa shape index (κ3) is 5.21. The molecular weight excluding hydrogens is 410 g/mol. The van der Waals surface area contributed by atoms with Gasteiger partial charge >= 0.3 is 0 Å². The summed E-state index contributed by atoms with van der Waals surface area (Å²) in [5, 5.41) is 14.9. The van der Waals surface area contributed by atoms with Crippen molar-refractivity contribution in [2.45, 2.75) is 39.5 Å². The largest absolute Gasteiger partial charge is 0.497 e. The first-order valence-electron chi connectivity index (χ1n) is 10.3. The second-order valence-corrected chi connectivity index (χ2v) is 8.83. The molecule has 3 heterocycles. The number of methoxy groups -OCH3 is 1. The molecule has 4 rings (SSSR count). The number of tetrazole rings is 1. The van der Waals surface area contributed by atoms with Crippen molar-refractivity contribution < 1.29 is 9.15 Å². The molecule has 0 amide bonds. The highest BCUT2D eigenvalue weighted by Gasteiger charge is 2.30. The Hall–Kier alpha value is -2.97. The van der Waals surface area contributed by atoms with E-state index in [0.29, 0.717) is 19.0 Å². The number of furan rings is 1. The van der Waals surface area contributed by atoms with Crippen molar-refractivity contribution in [1.29, 1.82) is 0 Å². The molecule has 0 aliphatic heterocycles. The van der Waals surface area contributed by atoms with Crippen LogP contribution < -0.4 is 4.74 Å². The van der Waals surface area contributed by atoms with Crippen LogP contribution in [-0.4, -0.2) is 32.2 Å². The van der Waals surface area contributed by atoms with E-state index in [4.69, 9.17) is 9.15 Å². The smallest absolute Gasteiger partial charge is 0.169 e. The van der Waals surface area contributed by atoms with Gasteiger partial charge in [0.15, 0.2) is 5.82 Å². The Bertz CT molecular complexity index is 1010. The number of rotatable bonds is 10. The van der Waals surface area contributed by atoms with Gasteiger partial charge in [0, 0.05) is 11.4 Å². The molecule has 0 fully saturated rings. The summed E-state index contributed by atoms with van der Waals surface area (Å²) in [6.07, 6.45) is 1.72. The summed E-state index contributed by atoms with van der Waals surface area (Å²) >= 11 is 1.76. The molecule has 0 aliphatic rings. The minimum atomic E-state index is 0.0282. The predicted octanol–water partition coefficient (Wildman–Crippen LogP) is 4.78. The Morgan fingerprint density at radius 3 is 2.58 bits per heavy atom. The van der Waals surface area contributed by atoms with E-state index in [1.165, 1.54) is 4.88 Å². The Labute approximate surface area is 186 Å². The van der Waals surface area contributed by atoms with Crippen LogP contribution in [-0.2, 0) is 19.6 Å². The molecule has 0 N–H and O–H groups in total. The van der Waals surface area contributed by atoms with Gasteiger partial charge in [-0.05, 0) is 57.6 Å². The van der Waals surface area contributed by atoms with Gasteiger partial charge in [0.05, 0.1) is 32.5 Å². The molecule has 0 aliphatic carbocycles. The zero-order valence-electron chi connectivity index (χ0n) is 18.0. The first-order valence-corrected chi connectivity index (χ1v) is 11.2. The number of hydrogen-bond acceptors (Lipinski definition) is 7. The van der Waals surface area contributed by atoms with Gasteiger partial charge in [-0.15, -0.1) is 16.4 Å². The van der Waals surface area contributed by atoms with E-state index in [1.807, 2.05) is 41.1 Å². The van der Waals surface area contributed by atoms with Gasteiger partial charge in [0.1, 0.15) is 11.5 Å². The van der Waals surface area contributed by atoms with Crippen molar-refractivity contribution in [1.82, 2.24) is 25.1 Å². The molecular formula is C23H27N5O2S. The van der Waals surface area contributed by atoms with Crippen LogP contribution in [0.4, 0.5) is 0 Å². The molecule has 162 valence electrons. The zero-order chi connectivity index (χ0) is 21.6. The second-order valence-electron chi connectivity index (χ2n) is 7.80. The number of hydrogen-bond donors (Lipinski definition) is 0. The van der Waals surface area contributed by atoms with Gasteiger partial charge in [0.2, 0.25) is 0 Å². The molecule has 0 bridgehead atoms. The summed E-state index contributed by atoms with van der Waals surface area (Å²) in [5.74, 6) is 2.92. The molecule has 0 saturated carbocycles. The Morgan fingerprint density at radius 2 is 1.94 bits per heavy atom. The van der Waals surface area contributed by atoms with Crippen molar-refractivity contribution >= 4 is 11.3 Å². The van der Waals surface area contributed by atoms with Crippen LogP contribution in [0.2, 0.25) is 0 Å². The van der Waals surface area contributed by atoms with E-state index < -0.39 is 0 Å². The molecule has 8 heteroatoms. The van der Waals surface area contributed by atoms with Crippen molar-refractivity contribution in [3.8, 4) is 5.75 Å². The van der Waals surface area contributed by atoms with Gasteiger partial charge in [-0.25, -0.2) is 4.68 Å². The minimum Gasteiger partial charge on any atom is -0.497 e. The maximum Gasteiger partial charge on any atom is 0.169 e. The molecule has 4 aromatic rings. The Balaban J connectivity index is 1.63. The maximum atomic E-state index is 5.67. The third-order valence-electron chi connectivity index (χ3n) is 5.22. The fourth-order valence-electron chi connectivity index (χ4n) is 3.78. The molecule has 31 heavy (non-hydrogen) atoms. The number of thiophene rings is 1. The number of nitrogens with zero attached hydrogens (tertiary/aromatic N) is 5. The summed E-state index contributed by atoms with van der Waals surface area (Å²) in [4.78, 5) is 3.69. The van der Waals surface area contributed by atoms with Crippen LogP contribution in [0.3, 0.4) is 0 Å². The second kappa shape index (κ2) is 9.89. The number of benzene rings is 1. The molecule has 7 nitrogen and oxygen atoms in total. The first-order chi connectivity index (χ1) is 15.1. The Kier molecular flexibility index (Phi) is 6.79. The average molecular weight is 438 g/mol. The summed E-state index contributed by atoms with van der Waals surface area (Å²) in [6.45, 7) is 6.50. The van der Waals surface area contributed by atoms with Crippen LogP contribution in [0.5, 0.6) is 5.75 Å². The van der Waals surface area contributed by atoms with Crippen LogP contribution in [0, 0.1) is 5.92 Å². The van der Waals surface area contributed by atoms with Crippen molar-refractivity contribution in [2.24, 2.45) is 5.92 Å². The minimum absolute atomic E-state index is 0.0282. The normalized spacial score (nSPS) is 12.5. The van der Waals surface area contributed by atoms with Crippen LogP contribution in [0.15, 0.2) is 64.6 Å². The van der Waals surface area contributed by atoms with Crippen LogP contribution >= 0.6 is 11.3 Å². The fraction of sp³-hybridized carbons (Fsp3) is 0.348. The zero-order valence-corrected chi connectivity index (χ0v) is 18.8. The van der Waals surface area contributed by atoms with Crippen molar-refractivity contribution in [2.75, 3.05) is 7.11 Å². The van der Waals surface area contributed by atoms with Crippen molar-refractivity contribution in [3.05, 3.63) is 82.2 Å². The van der Waals surface area contributed by atoms with E-state index in [0.717, 1.165) is 29.4 Å². The number of ether oxygens (including phenoxy) is 1. The lowest BCUT2D eigenvalue weighted by Gasteiger charge is -2.32. The summed E-state index contributed by atoms with van der Waals surface area (Å²) < 4.78 is 12.8. The monoisotopic (exact) mass is 437 g/mol. The third-order valence-corrected chi connectivity index (χ3v) is 6.08. The van der Waals surface area contributed by atoms with E-state index in [-0.39, 0.29) is 6.04 Å². The Morgan fingerprint density at radius 1 is 1.10 bits per heavy atom. The standard InChI is InChI=1S/C23H27N5O2S/c1-17(2)22(27(15-20-6-4-12-30-20)16-21-7-5-13-31-21)23-24-25-26-28(23)14-18-8-10-19(29-3)11-9-18/h4-13,17,22H,14-16H2,1-3H3/t22-/m0/s1. The topological polar surface area (TPSA) is 69.2 Å². The SMILES string of the molecule is COc1ccc(Cn2nnnc2[C@H](C(C)C)N(Cc2ccco2)Cc2cccs2)cc1. The quantitative estimate of drug-likeness (QED) is 0.355. The highest BCUT2D eigenvalue weighted by atomic mass is 32.1. The predicted molar refractivity (Wildman–Crippen MR) is 120 cm³/mol. The van der Waals surface area contributed by atoms with Gasteiger partial charge in [-0.3, -0.25) is 4.90 Å². The van der Waals surface area contributed by atoms with E-state index in [9.17, 15) is 0 Å². The van der Waals surface area contributed by atoms with Gasteiger partial charge in [-0.1, -0.05) is 32.0 Å². The lowest BCUT2D eigenvalue weighted by molar-refractivity contribution is 0.118. The maximum absolute atomic E-state index is 5.67. The highest BCUT2D eigenvalue weighted by molar-refractivity contribution is 7.09. The fourth-order valence-corrected chi connectivity index (χ4v) is 4.51. The van der Waals surface area contributed by atoms with E-state index in [1.54, 1.807) is 24.7 Å². The van der Waals surface area contributed by atoms with Gasteiger partial charge in [-0.2, -0.15) is 0 Å². The molecule has 0 spiro atoms. The molecule has 3 aromatic heterocycles. The molecule has 1 aromatic carbocycles. The van der Waals surface area contributed by atoms with E-state index in [2.05, 4.69) is 51.8 Å². The highest BCUT2D eigenvalue weighted by Crippen LogP contribution is 2.31. The average Bonchev–Trinajstić information content (AvgIpc) is 3.53. The van der Waals surface area contributed by atoms with Crippen LogP contribution in [0.25, 0.3) is 0 Å². The molecule has 1 atom stereocenters.